The van der Waals surface area contributed by atoms with Crippen molar-refractivity contribution < 1.29 is 18.1 Å². The van der Waals surface area contributed by atoms with Crippen LogP contribution in [-0.4, -0.2) is 18.3 Å². The van der Waals surface area contributed by atoms with E-state index in [0.717, 1.165) is 0 Å². The summed E-state index contributed by atoms with van der Waals surface area (Å²) in [5.74, 6) is -0.875. The molecule has 1 aliphatic rings. The molecule has 1 heterocycles. The van der Waals surface area contributed by atoms with Crippen LogP contribution in [0.5, 0.6) is 0 Å². The van der Waals surface area contributed by atoms with Crippen molar-refractivity contribution in [1.82, 2.24) is 0 Å². The van der Waals surface area contributed by atoms with Crippen LogP contribution in [0.3, 0.4) is 0 Å². The summed E-state index contributed by atoms with van der Waals surface area (Å²) < 4.78 is 40.6. The third kappa shape index (κ3) is 2.68. The first-order valence-electron chi connectivity index (χ1n) is 7.62. The zero-order chi connectivity index (χ0) is 16.8. The predicted octanol–water partition coefficient (Wildman–Crippen LogP) is 3.93. The minimum atomic E-state index is -0.879. The Morgan fingerprint density at radius 2 is 1.26 bits per heavy atom. The monoisotopic (exact) mass is 316 g/mol. The summed E-state index contributed by atoms with van der Waals surface area (Å²) in [6.07, 6.45) is 0. The topological polar surface area (TPSA) is 18.5 Å². The molecule has 0 radical (unpaired) electrons. The Morgan fingerprint density at radius 1 is 0.739 bits per heavy atom. The molecule has 2 aromatic carbocycles. The third-order valence-electron chi connectivity index (χ3n) is 4.71. The van der Waals surface area contributed by atoms with Gasteiger partial charge in [-0.2, -0.15) is 0 Å². The van der Waals surface area contributed by atoms with E-state index >= 15 is 0 Å². The van der Waals surface area contributed by atoms with Gasteiger partial charge in [-0.1, -0.05) is 30.3 Å². The van der Waals surface area contributed by atoms with Crippen LogP contribution in [0.2, 0.25) is 0 Å². The van der Waals surface area contributed by atoms with Crippen LogP contribution < -0.4 is 5.46 Å². The first kappa shape index (κ1) is 16.2. The van der Waals surface area contributed by atoms with Gasteiger partial charge < -0.3 is 9.31 Å². The fraction of sp³-hybridized carbons (Fsp3) is 0.333. The molecule has 1 fully saturated rings. The molecule has 3 rings (SSSR count). The molecular formula is C18H19BF2O2. The zero-order valence-corrected chi connectivity index (χ0v) is 13.7. The summed E-state index contributed by atoms with van der Waals surface area (Å²) in [6, 6.07) is 10.9. The van der Waals surface area contributed by atoms with E-state index in [1.165, 1.54) is 12.1 Å². The summed E-state index contributed by atoms with van der Waals surface area (Å²) in [7, 11) is -0.879. The van der Waals surface area contributed by atoms with Gasteiger partial charge >= 0.3 is 7.12 Å². The molecule has 0 bridgehead atoms. The number of hydrogen-bond donors (Lipinski definition) is 0. The Labute approximate surface area is 135 Å². The molecule has 0 aliphatic carbocycles. The molecule has 5 heteroatoms. The lowest BCUT2D eigenvalue weighted by molar-refractivity contribution is 0.00578. The molecule has 23 heavy (non-hydrogen) atoms. The Kier molecular flexibility index (Phi) is 3.81. The summed E-state index contributed by atoms with van der Waals surface area (Å²) in [4.78, 5) is 0. The van der Waals surface area contributed by atoms with Crippen LogP contribution in [-0.2, 0) is 9.31 Å². The van der Waals surface area contributed by atoms with Crippen LogP contribution in [0.1, 0.15) is 27.7 Å². The van der Waals surface area contributed by atoms with E-state index < -0.39 is 30.0 Å². The number of benzene rings is 2. The van der Waals surface area contributed by atoms with E-state index in [0.29, 0.717) is 11.1 Å². The molecule has 0 atom stereocenters. The van der Waals surface area contributed by atoms with Crippen molar-refractivity contribution in [2.75, 3.05) is 0 Å². The normalized spacial score (nSPS) is 19.1. The van der Waals surface area contributed by atoms with Gasteiger partial charge in [-0.25, -0.2) is 8.78 Å². The Morgan fingerprint density at radius 3 is 1.87 bits per heavy atom. The molecular weight excluding hydrogens is 297 g/mol. The highest BCUT2D eigenvalue weighted by molar-refractivity contribution is 6.64. The maximum absolute atomic E-state index is 14.5. The molecule has 2 nitrogen and oxygen atoms in total. The summed E-state index contributed by atoms with van der Waals surface area (Å²) in [6.45, 7) is 7.60. The molecule has 2 aromatic rings. The number of hydrogen-bond acceptors (Lipinski definition) is 2. The molecule has 0 unspecified atom stereocenters. The SMILES string of the molecule is CC1(C)OB(c2c(F)cccc2-c2ccccc2F)OC1(C)C. The highest BCUT2D eigenvalue weighted by Crippen LogP contribution is 2.37. The van der Waals surface area contributed by atoms with E-state index in [1.807, 2.05) is 27.7 Å². The number of halogens is 2. The maximum Gasteiger partial charge on any atom is 0.498 e. The smallest absolute Gasteiger partial charge is 0.399 e. The van der Waals surface area contributed by atoms with Crippen molar-refractivity contribution in [3.8, 4) is 11.1 Å². The van der Waals surface area contributed by atoms with Crippen molar-refractivity contribution in [2.45, 2.75) is 38.9 Å². The average Bonchev–Trinajstić information content (AvgIpc) is 2.67. The second kappa shape index (κ2) is 5.43. The Hall–Kier alpha value is -1.72. The molecule has 1 saturated heterocycles. The van der Waals surface area contributed by atoms with E-state index in [4.69, 9.17) is 9.31 Å². The van der Waals surface area contributed by atoms with Crippen LogP contribution in [0, 0.1) is 11.6 Å². The van der Waals surface area contributed by atoms with Crippen molar-refractivity contribution in [3.63, 3.8) is 0 Å². The van der Waals surface area contributed by atoms with Gasteiger partial charge in [0.15, 0.2) is 0 Å². The van der Waals surface area contributed by atoms with Crippen LogP contribution in [0.25, 0.3) is 11.1 Å². The second-order valence-electron chi connectivity index (χ2n) is 6.77. The largest absolute Gasteiger partial charge is 0.498 e. The lowest BCUT2D eigenvalue weighted by Gasteiger charge is -2.32. The van der Waals surface area contributed by atoms with E-state index in [1.54, 1.807) is 30.3 Å². The highest BCUT2D eigenvalue weighted by atomic mass is 19.1. The lowest BCUT2D eigenvalue weighted by atomic mass is 9.74. The first-order chi connectivity index (χ1) is 10.7. The van der Waals surface area contributed by atoms with Crippen molar-refractivity contribution in [2.24, 2.45) is 0 Å². The van der Waals surface area contributed by atoms with E-state index in [-0.39, 0.29) is 5.46 Å². The van der Waals surface area contributed by atoms with Gasteiger partial charge in [-0.3, -0.25) is 0 Å². The Bertz CT molecular complexity index is 728. The third-order valence-corrected chi connectivity index (χ3v) is 4.71. The van der Waals surface area contributed by atoms with Gasteiger partial charge in [0.05, 0.1) is 11.2 Å². The summed E-state index contributed by atoms with van der Waals surface area (Å²) in [5.41, 5.74) is -0.173. The summed E-state index contributed by atoms with van der Waals surface area (Å²) in [5, 5.41) is 0. The van der Waals surface area contributed by atoms with Gasteiger partial charge in [-0.15, -0.1) is 0 Å². The molecule has 120 valence electrons. The van der Waals surface area contributed by atoms with Crippen molar-refractivity contribution in [1.29, 1.82) is 0 Å². The standard InChI is InChI=1S/C18H19BF2O2/c1-17(2)18(3,4)23-19(22-17)16-13(9-7-11-15(16)21)12-8-5-6-10-14(12)20/h5-11H,1-4H3. The minimum absolute atomic E-state index is 0.233. The molecule has 0 aromatic heterocycles. The van der Waals surface area contributed by atoms with Gasteiger partial charge in [0.1, 0.15) is 11.6 Å². The second-order valence-corrected chi connectivity index (χ2v) is 6.77. The quantitative estimate of drug-likeness (QED) is 0.782. The molecule has 1 aliphatic heterocycles. The van der Waals surface area contributed by atoms with E-state index in [9.17, 15) is 8.78 Å². The van der Waals surface area contributed by atoms with Crippen LogP contribution in [0.15, 0.2) is 42.5 Å². The number of rotatable bonds is 2. The first-order valence-corrected chi connectivity index (χ1v) is 7.62. The fourth-order valence-corrected chi connectivity index (χ4v) is 2.65. The fourth-order valence-electron chi connectivity index (χ4n) is 2.65. The maximum atomic E-state index is 14.5. The van der Waals surface area contributed by atoms with Crippen molar-refractivity contribution in [3.05, 3.63) is 54.1 Å². The van der Waals surface area contributed by atoms with Crippen molar-refractivity contribution >= 4 is 12.6 Å². The average molecular weight is 316 g/mol. The van der Waals surface area contributed by atoms with Gasteiger partial charge in [-0.05, 0) is 45.4 Å². The van der Waals surface area contributed by atoms with Crippen LogP contribution in [0.4, 0.5) is 8.78 Å². The minimum Gasteiger partial charge on any atom is -0.399 e. The Balaban J connectivity index is 2.13. The van der Waals surface area contributed by atoms with Gasteiger partial charge in [0.2, 0.25) is 0 Å². The predicted molar refractivity (Wildman–Crippen MR) is 87.5 cm³/mol. The van der Waals surface area contributed by atoms with Gasteiger partial charge in [0, 0.05) is 11.0 Å². The molecule has 0 amide bonds. The molecule has 0 N–H and O–H groups in total. The summed E-state index contributed by atoms with van der Waals surface area (Å²) >= 11 is 0. The lowest BCUT2D eigenvalue weighted by Crippen LogP contribution is -2.41. The van der Waals surface area contributed by atoms with Gasteiger partial charge in [0.25, 0.3) is 0 Å². The highest BCUT2D eigenvalue weighted by Gasteiger charge is 2.53. The molecule has 0 saturated carbocycles. The van der Waals surface area contributed by atoms with E-state index in [2.05, 4.69) is 0 Å². The van der Waals surface area contributed by atoms with Crippen LogP contribution >= 0.6 is 0 Å². The zero-order valence-electron chi connectivity index (χ0n) is 13.7. The molecule has 0 spiro atoms.